The van der Waals surface area contributed by atoms with Gasteiger partial charge in [-0.3, -0.25) is 4.79 Å². The first-order valence-electron chi connectivity index (χ1n) is 9.93. The number of methoxy groups -OCH3 is 1. The third kappa shape index (κ3) is 4.91. The van der Waals surface area contributed by atoms with Crippen molar-refractivity contribution in [2.45, 2.75) is 44.4 Å². The number of carbonyl (C=O) groups excluding carboxylic acids is 1. The maximum absolute atomic E-state index is 13.3. The number of rotatable bonds is 6. The second-order valence-corrected chi connectivity index (χ2v) is 9.16. The molecule has 1 aromatic heterocycles. The van der Waals surface area contributed by atoms with Crippen LogP contribution in [0.4, 0.5) is 5.69 Å². The second-order valence-electron chi connectivity index (χ2n) is 7.25. The van der Waals surface area contributed by atoms with Crippen LogP contribution in [0.3, 0.4) is 0 Å². The summed E-state index contributed by atoms with van der Waals surface area (Å²) in [6, 6.07) is 5.00. The molecule has 1 saturated heterocycles. The maximum atomic E-state index is 13.3. The Hall–Kier alpha value is -2.65. The molecule has 0 spiro atoms. The zero-order valence-corrected chi connectivity index (χ0v) is 18.3. The van der Waals surface area contributed by atoms with Crippen molar-refractivity contribution in [2.24, 2.45) is 0 Å². The van der Waals surface area contributed by atoms with Crippen LogP contribution < -0.4 is 10.1 Å². The summed E-state index contributed by atoms with van der Waals surface area (Å²) >= 11 is 0. The van der Waals surface area contributed by atoms with Crippen molar-refractivity contribution in [1.29, 1.82) is 0 Å². The molecule has 162 valence electrons. The SMILES string of the molecule is COc1ccc(C=Cc2onc(C)c2NC(C)=O)cc1S(=O)(=O)N1CCCCCC1. The first-order valence-corrected chi connectivity index (χ1v) is 11.4. The summed E-state index contributed by atoms with van der Waals surface area (Å²) in [5.74, 6) is 0.465. The average Bonchev–Trinajstić information content (AvgIpc) is 2.91. The fraction of sp³-hybridized carbons (Fsp3) is 0.429. The molecular formula is C21H27N3O5S. The lowest BCUT2D eigenvalue weighted by Crippen LogP contribution is -2.32. The van der Waals surface area contributed by atoms with E-state index >= 15 is 0 Å². The van der Waals surface area contributed by atoms with Crippen molar-refractivity contribution >= 4 is 33.8 Å². The summed E-state index contributed by atoms with van der Waals surface area (Å²) < 4.78 is 38.7. The molecule has 0 radical (unpaired) electrons. The van der Waals surface area contributed by atoms with Crippen molar-refractivity contribution in [3.8, 4) is 5.75 Å². The number of nitrogens with one attached hydrogen (secondary N) is 1. The van der Waals surface area contributed by atoms with Gasteiger partial charge >= 0.3 is 0 Å². The van der Waals surface area contributed by atoms with Crippen LogP contribution in [0.1, 0.15) is 49.6 Å². The molecule has 8 nitrogen and oxygen atoms in total. The molecule has 3 rings (SSSR count). The van der Waals surface area contributed by atoms with E-state index in [0.717, 1.165) is 25.7 Å². The monoisotopic (exact) mass is 433 g/mol. The fourth-order valence-electron chi connectivity index (χ4n) is 3.42. The number of anilines is 1. The van der Waals surface area contributed by atoms with Crippen LogP contribution in [0.5, 0.6) is 5.75 Å². The molecule has 1 aromatic carbocycles. The minimum atomic E-state index is -3.67. The topological polar surface area (TPSA) is 102 Å². The van der Waals surface area contributed by atoms with Gasteiger partial charge in [-0.2, -0.15) is 4.31 Å². The van der Waals surface area contributed by atoms with Gasteiger partial charge in [-0.05, 0) is 43.5 Å². The van der Waals surface area contributed by atoms with Crippen LogP contribution in [0.2, 0.25) is 0 Å². The molecule has 30 heavy (non-hydrogen) atoms. The summed E-state index contributed by atoms with van der Waals surface area (Å²) in [6.45, 7) is 4.17. The van der Waals surface area contributed by atoms with Crippen LogP contribution in [-0.2, 0) is 14.8 Å². The van der Waals surface area contributed by atoms with Gasteiger partial charge in [0.05, 0.1) is 7.11 Å². The Morgan fingerprint density at radius 1 is 1.20 bits per heavy atom. The third-order valence-electron chi connectivity index (χ3n) is 4.99. The Bertz CT molecular complexity index is 1030. The predicted octanol–water partition coefficient (Wildman–Crippen LogP) is 3.69. The Balaban J connectivity index is 1.93. The molecule has 1 aliphatic heterocycles. The van der Waals surface area contributed by atoms with Gasteiger partial charge in [0.2, 0.25) is 15.9 Å². The largest absolute Gasteiger partial charge is 0.495 e. The zero-order valence-electron chi connectivity index (χ0n) is 17.5. The Morgan fingerprint density at radius 2 is 1.90 bits per heavy atom. The molecule has 1 fully saturated rings. The van der Waals surface area contributed by atoms with E-state index in [2.05, 4.69) is 10.5 Å². The van der Waals surface area contributed by atoms with Gasteiger partial charge in [-0.15, -0.1) is 0 Å². The van der Waals surface area contributed by atoms with Gasteiger partial charge in [0, 0.05) is 20.0 Å². The van der Waals surface area contributed by atoms with Gasteiger partial charge < -0.3 is 14.6 Å². The highest BCUT2D eigenvalue weighted by Crippen LogP contribution is 2.30. The number of ether oxygens (including phenoxy) is 1. The van der Waals surface area contributed by atoms with E-state index in [4.69, 9.17) is 9.26 Å². The first-order chi connectivity index (χ1) is 14.3. The van der Waals surface area contributed by atoms with Gasteiger partial charge in [0.1, 0.15) is 22.0 Å². The van der Waals surface area contributed by atoms with Crippen molar-refractivity contribution < 1.29 is 22.5 Å². The maximum Gasteiger partial charge on any atom is 0.246 e. The molecular weight excluding hydrogens is 406 g/mol. The molecule has 1 N–H and O–H groups in total. The standard InChI is InChI=1S/C21H27N3O5S/c1-15-21(22-16(2)25)19(29-23-15)11-9-17-8-10-18(28-3)20(14-17)30(26,27)24-12-6-4-5-7-13-24/h8-11,14H,4-7,12-13H2,1-3H3,(H,22,25). The number of amides is 1. The molecule has 2 heterocycles. The number of benzene rings is 1. The van der Waals surface area contributed by atoms with Crippen molar-refractivity contribution in [3.05, 3.63) is 35.2 Å². The molecule has 1 amide bonds. The van der Waals surface area contributed by atoms with Crippen molar-refractivity contribution in [2.75, 3.05) is 25.5 Å². The molecule has 0 atom stereocenters. The van der Waals surface area contributed by atoms with E-state index in [1.807, 2.05) is 0 Å². The number of carbonyl (C=O) groups is 1. The molecule has 1 aliphatic rings. The van der Waals surface area contributed by atoms with Crippen LogP contribution in [0, 0.1) is 6.92 Å². The lowest BCUT2D eigenvalue weighted by molar-refractivity contribution is -0.114. The van der Waals surface area contributed by atoms with Crippen LogP contribution >= 0.6 is 0 Å². The van der Waals surface area contributed by atoms with Crippen molar-refractivity contribution in [1.82, 2.24) is 9.46 Å². The molecule has 0 bridgehead atoms. The smallest absolute Gasteiger partial charge is 0.246 e. The van der Waals surface area contributed by atoms with Gasteiger partial charge in [0.25, 0.3) is 0 Å². The molecule has 0 unspecified atom stereocenters. The summed E-state index contributed by atoms with van der Waals surface area (Å²) in [4.78, 5) is 11.5. The van der Waals surface area contributed by atoms with E-state index < -0.39 is 10.0 Å². The van der Waals surface area contributed by atoms with Gasteiger partial charge in [-0.25, -0.2) is 8.42 Å². The number of hydrogen-bond acceptors (Lipinski definition) is 6. The minimum absolute atomic E-state index is 0.143. The Morgan fingerprint density at radius 3 is 2.53 bits per heavy atom. The average molecular weight is 434 g/mol. The van der Waals surface area contributed by atoms with E-state index in [0.29, 0.717) is 41.5 Å². The summed E-state index contributed by atoms with van der Waals surface area (Å²) in [7, 11) is -2.21. The molecule has 0 aliphatic carbocycles. The molecule has 9 heteroatoms. The van der Waals surface area contributed by atoms with E-state index in [1.165, 1.54) is 14.0 Å². The number of nitrogens with zero attached hydrogens (tertiary/aromatic N) is 2. The molecule has 0 saturated carbocycles. The quantitative estimate of drug-likeness (QED) is 0.746. The number of sulfonamides is 1. The predicted molar refractivity (Wildman–Crippen MR) is 115 cm³/mol. The fourth-order valence-corrected chi connectivity index (χ4v) is 5.13. The summed E-state index contributed by atoms with van der Waals surface area (Å²) in [5, 5.41) is 6.56. The van der Waals surface area contributed by atoms with E-state index in [1.54, 1.807) is 41.6 Å². The molecule has 2 aromatic rings. The number of aryl methyl sites for hydroxylation is 1. The highest BCUT2D eigenvalue weighted by Gasteiger charge is 2.28. The minimum Gasteiger partial charge on any atom is -0.495 e. The highest BCUT2D eigenvalue weighted by atomic mass is 32.2. The highest BCUT2D eigenvalue weighted by molar-refractivity contribution is 7.89. The third-order valence-corrected chi connectivity index (χ3v) is 6.91. The lowest BCUT2D eigenvalue weighted by atomic mass is 10.2. The van der Waals surface area contributed by atoms with Gasteiger partial charge in [0.15, 0.2) is 5.76 Å². The lowest BCUT2D eigenvalue weighted by Gasteiger charge is -2.21. The van der Waals surface area contributed by atoms with Gasteiger partial charge in [-0.1, -0.05) is 30.1 Å². The first kappa shape index (κ1) is 22.0. The van der Waals surface area contributed by atoms with E-state index in [-0.39, 0.29) is 10.8 Å². The summed E-state index contributed by atoms with van der Waals surface area (Å²) in [6.07, 6.45) is 7.16. The van der Waals surface area contributed by atoms with E-state index in [9.17, 15) is 13.2 Å². The second kappa shape index (κ2) is 9.44. The number of hydrogen-bond donors (Lipinski definition) is 1. The number of aromatic nitrogens is 1. The summed E-state index contributed by atoms with van der Waals surface area (Å²) in [5.41, 5.74) is 1.71. The van der Waals surface area contributed by atoms with Crippen LogP contribution in [-0.4, -0.2) is 44.0 Å². The van der Waals surface area contributed by atoms with Crippen molar-refractivity contribution in [3.63, 3.8) is 0 Å². The Kier molecular flexibility index (Phi) is 6.94. The van der Waals surface area contributed by atoms with Crippen LogP contribution in [0.15, 0.2) is 27.6 Å². The Labute approximate surface area is 176 Å². The zero-order chi connectivity index (χ0) is 21.7. The normalized spacial score (nSPS) is 15.8. The van der Waals surface area contributed by atoms with Crippen LogP contribution in [0.25, 0.3) is 12.2 Å².